The quantitative estimate of drug-likeness (QED) is 0.566. The van der Waals surface area contributed by atoms with Crippen LogP contribution in [-0.4, -0.2) is 16.3 Å². The lowest BCUT2D eigenvalue weighted by Gasteiger charge is -2.08. The van der Waals surface area contributed by atoms with Gasteiger partial charge < -0.3 is 5.11 Å². The number of phenols is 1. The Morgan fingerprint density at radius 2 is 1.95 bits per heavy atom. The Bertz CT molecular complexity index is 856. The van der Waals surface area contributed by atoms with Crippen molar-refractivity contribution in [1.29, 1.82) is 0 Å². The Morgan fingerprint density at radius 1 is 1.09 bits per heavy atom. The van der Waals surface area contributed by atoms with Crippen LogP contribution in [0.15, 0.2) is 53.6 Å². The second kappa shape index (κ2) is 5.85. The van der Waals surface area contributed by atoms with Gasteiger partial charge in [-0.1, -0.05) is 23.8 Å². The van der Waals surface area contributed by atoms with Crippen molar-refractivity contribution in [2.75, 3.05) is 5.43 Å². The highest BCUT2D eigenvalue weighted by Gasteiger charge is 2.03. The maximum atomic E-state index is 9.45. The van der Waals surface area contributed by atoms with Crippen LogP contribution in [0.1, 0.15) is 16.8 Å². The molecule has 0 amide bonds. The van der Waals surface area contributed by atoms with Gasteiger partial charge in [0.1, 0.15) is 5.75 Å². The minimum atomic E-state index is 0.227. The number of rotatable bonds is 3. The first-order valence-corrected chi connectivity index (χ1v) is 7.08. The van der Waals surface area contributed by atoms with Crippen molar-refractivity contribution in [2.45, 2.75) is 13.8 Å². The molecule has 2 aromatic carbocycles. The molecule has 22 heavy (non-hydrogen) atoms. The van der Waals surface area contributed by atoms with Crippen LogP contribution in [-0.2, 0) is 0 Å². The summed E-state index contributed by atoms with van der Waals surface area (Å²) in [6, 6.07) is 15.1. The van der Waals surface area contributed by atoms with Crippen LogP contribution >= 0.6 is 0 Å². The number of hydrogen-bond acceptors (Lipinski definition) is 4. The van der Waals surface area contributed by atoms with Gasteiger partial charge in [-0.25, -0.2) is 0 Å². The summed E-state index contributed by atoms with van der Waals surface area (Å²) < 4.78 is 0. The lowest BCUT2D eigenvalue weighted by atomic mass is 10.1. The van der Waals surface area contributed by atoms with E-state index in [-0.39, 0.29) is 5.75 Å². The summed E-state index contributed by atoms with van der Waals surface area (Å²) in [6.45, 7) is 4.02. The summed E-state index contributed by atoms with van der Waals surface area (Å²) in [7, 11) is 0. The van der Waals surface area contributed by atoms with Crippen molar-refractivity contribution >= 4 is 22.8 Å². The monoisotopic (exact) mass is 291 g/mol. The molecule has 0 fully saturated rings. The fourth-order valence-electron chi connectivity index (χ4n) is 2.35. The highest BCUT2D eigenvalue weighted by Crippen LogP contribution is 2.24. The Balaban J connectivity index is 1.91. The van der Waals surface area contributed by atoms with Crippen LogP contribution in [0.3, 0.4) is 0 Å². The number of hydrogen-bond donors (Lipinski definition) is 2. The normalized spacial score (nSPS) is 11.2. The average molecular weight is 291 g/mol. The molecule has 3 aromatic rings. The van der Waals surface area contributed by atoms with E-state index in [1.807, 2.05) is 25.1 Å². The Morgan fingerprint density at radius 3 is 2.77 bits per heavy atom. The molecule has 1 aromatic heterocycles. The largest absolute Gasteiger partial charge is 0.508 e. The first-order chi connectivity index (χ1) is 10.6. The van der Waals surface area contributed by atoms with E-state index in [0.29, 0.717) is 0 Å². The van der Waals surface area contributed by atoms with Crippen molar-refractivity contribution < 1.29 is 5.11 Å². The van der Waals surface area contributed by atoms with E-state index in [1.165, 1.54) is 5.56 Å². The van der Waals surface area contributed by atoms with Crippen molar-refractivity contribution in [3.63, 3.8) is 0 Å². The summed E-state index contributed by atoms with van der Waals surface area (Å²) >= 11 is 0. The predicted molar refractivity (Wildman–Crippen MR) is 90.5 cm³/mol. The smallest absolute Gasteiger partial charge is 0.116 e. The Hall–Kier alpha value is -2.88. The lowest BCUT2D eigenvalue weighted by Crippen LogP contribution is -1.95. The van der Waals surface area contributed by atoms with Gasteiger partial charge in [-0.3, -0.25) is 10.4 Å². The summed E-state index contributed by atoms with van der Waals surface area (Å²) in [4.78, 5) is 4.53. The molecule has 4 nitrogen and oxygen atoms in total. The van der Waals surface area contributed by atoms with Gasteiger partial charge in [-0.15, -0.1) is 0 Å². The number of aromatic nitrogens is 1. The van der Waals surface area contributed by atoms with Gasteiger partial charge in [0.15, 0.2) is 0 Å². The zero-order valence-electron chi connectivity index (χ0n) is 12.5. The molecule has 0 spiro atoms. The highest BCUT2D eigenvalue weighted by atomic mass is 16.3. The number of pyridine rings is 1. The second-order valence-electron chi connectivity index (χ2n) is 5.30. The first kappa shape index (κ1) is 14.1. The van der Waals surface area contributed by atoms with Crippen LogP contribution in [0.25, 0.3) is 10.9 Å². The van der Waals surface area contributed by atoms with E-state index in [4.69, 9.17) is 0 Å². The SMILES string of the molecule is Cc1ccc2nc(C)cc(N/N=C\c3cccc(O)c3)c2c1. The molecule has 0 saturated carbocycles. The Labute approximate surface area is 129 Å². The van der Waals surface area contributed by atoms with Crippen molar-refractivity contribution in [2.24, 2.45) is 5.10 Å². The number of fused-ring (bicyclic) bond motifs is 1. The van der Waals surface area contributed by atoms with Gasteiger partial charge in [0, 0.05) is 11.1 Å². The molecule has 0 radical (unpaired) electrons. The molecule has 0 atom stereocenters. The average Bonchev–Trinajstić information content (AvgIpc) is 2.48. The molecular formula is C18H17N3O. The summed E-state index contributed by atoms with van der Waals surface area (Å²) in [5, 5.41) is 14.7. The second-order valence-corrected chi connectivity index (χ2v) is 5.30. The number of nitrogens with zero attached hydrogens (tertiary/aromatic N) is 2. The highest BCUT2D eigenvalue weighted by molar-refractivity contribution is 5.92. The zero-order valence-corrected chi connectivity index (χ0v) is 12.5. The number of aromatic hydroxyl groups is 1. The van der Waals surface area contributed by atoms with Crippen LogP contribution in [0, 0.1) is 13.8 Å². The fourth-order valence-corrected chi connectivity index (χ4v) is 2.35. The van der Waals surface area contributed by atoms with E-state index in [2.05, 4.69) is 34.6 Å². The van der Waals surface area contributed by atoms with Crippen molar-refractivity contribution in [1.82, 2.24) is 4.98 Å². The number of nitrogens with one attached hydrogen (secondary N) is 1. The summed E-state index contributed by atoms with van der Waals surface area (Å²) in [5.74, 6) is 0.227. The topological polar surface area (TPSA) is 57.5 Å². The third kappa shape index (κ3) is 3.06. The van der Waals surface area contributed by atoms with Crippen LogP contribution in [0.5, 0.6) is 5.75 Å². The van der Waals surface area contributed by atoms with Gasteiger partial charge in [0.05, 0.1) is 17.4 Å². The standard InChI is InChI=1S/C18H17N3O/c1-12-6-7-17-16(8-12)18(9-13(2)20-17)21-19-11-14-4-3-5-15(22)10-14/h3-11,22H,1-2H3,(H,20,21)/b19-11-. The molecule has 0 aliphatic heterocycles. The van der Waals surface area contributed by atoms with E-state index < -0.39 is 0 Å². The van der Waals surface area contributed by atoms with E-state index in [0.717, 1.165) is 27.8 Å². The number of phenolic OH excluding ortho intramolecular Hbond substituents is 1. The van der Waals surface area contributed by atoms with E-state index in [9.17, 15) is 5.11 Å². The van der Waals surface area contributed by atoms with Gasteiger partial charge in [-0.05, 0) is 49.7 Å². The minimum Gasteiger partial charge on any atom is -0.508 e. The molecule has 4 heteroatoms. The fraction of sp³-hybridized carbons (Fsp3) is 0.111. The lowest BCUT2D eigenvalue weighted by molar-refractivity contribution is 0.475. The molecule has 1 heterocycles. The van der Waals surface area contributed by atoms with Crippen LogP contribution in [0.2, 0.25) is 0 Å². The maximum absolute atomic E-state index is 9.45. The van der Waals surface area contributed by atoms with Crippen LogP contribution in [0.4, 0.5) is 5.69 Å². The molecule has 0 unspecified atom stereocenters. The van der Waals surface area contributed by atoms with Crippen LogP contribution < -0.4 is 5.43 Å². The molecule has 110 valence electrons. The third-order valence-electron chi connectivity index (χ3n) is 3.36. The number of benzene rings is 2. The predicted octanol–water partition coefficient (Wildman–Crippen LogP) is 4.00. The summed E-state index contributed by atoms with van der Waals surface area (Å²) in [6.07, 6.45) is 1.68. The van der Waals surface area contributed by atoms with Gasteiger partial charge >= 0.3 is 0 Å². The number of anilines is 1. The van der Waals surface area contributed by atoms with Gasteiger partial charge in [0.25, 0.3) is 0 Å². The summed E-state index contributed by atoms with van der Waals surface area (Å²) in [5.41, 5.74) is 7.88. The maximum Gasteiger partial charge on any atom is 0.116 e. The molecule has 2 N–H and O–H groups in total. The van der Waals surface area contributed by atoms with Gasteiger partial charge in [-0.2, -0.15) is 5.10 Å². The first-order valence-electron chi connectivity index (χ1n) is 7.08. The molecule has 0 aliphatic carbocycles. The Kier molecular flexibility index (Phi) is 3.74. The molecule has 0 bridgehead atoms. The third-order valence-corrected chi connectivity index (χ3v) is 3.36. The minimum absolute atomic E-state index is 0.227. The van der Waals surface area contributed by atoms with Crippen molar-refractivity contribution in [3.05, 3.63) is 65.4 Å². The van der Waals surface area contributed by atoms with E-state index >= 15 is 0 Å². The molecule has 0 aliphatic rings. The molecule has 3 rings (SSSR count). The molecular weight excluding hydrogens is 274 g/mol. The zero-order chi connectivity index (χ0) is 15.5. The molecule has 0 saturated heterocycles. The van der Waals surface area contributed by atoms with Crippen molar-refractivity contribution in [3.8, 4) is 5.75 Å². The number of aryl methyl sites for hydroxylation is 2. The van der Waals surface area contributed by atoms with Gasteiger partial charge in [0.2, 0.25) is 0 Å². The number of hydrazone groups is 1. The van der Waals surface area contributed by atoms with E-state index in [1.54, 1.807) is 24.4 Å².